The number of hydrogen-bond donors (Lipinski definition) is 1. The number of hydrogen-bond acceptors (Lipinski definition) is 4. The summed E-state index contributed by atoms with van der Waals surface area (Å²) in [7, 11) is -8.34. The van der Waals surface area contributed by atoms with Gasteiger partial charge in [0.25, 0.3) is 20.0 Å². The van der Waals surface area contributed by atoms with E-state index in [-0.39, 0.29) is 9.79 Å². The molecule has 0 aliphatic heterocycles. The molecule has 7 heteroatoms. The third-order valence-corrected chi connectivity index (χ3v) is 7.30. The van der Waals surface area contributed by atoms with Crippen molar-refractivity contribution in [3.05, 3.63) is 58.7 Å². The number of sulfonamides is 2. The Labute approximate surface area is 137 Å². The molecule has 2 aromatic carbocycles. The first-order chi connectivity index (χ1) is 10.5. The molecule has 0 radical (unpaired) electrons. The van der Waals surface area contributed by atoms with Gasteiger partial charge in [-0.05, 0) is 62.6 Å². The van der Waals surface area contributed by atoms with Crippen molar-refractivity contribution in [2.75, 3.05) is 0 Å². The van der Waals surface area contributed by atoms with E-state index in [4.69, 9.17) is 0 Å². The molecule has 2 rings (SSSR count). The van der Waals surface area contributed by atoms with Crippen molar-refractivity contribution in [3.8, 4) is 0 Å². The number of aryl methyl sites for hydroxylation is 4. The minimum absolute atomic E-state index is 0.0312. The van der Waals surface area contributed by atoms with Gasteiger partial charge in [0.05, 0.1) is 9.79 Å². The minimum atomic E-state index is -4.18. The number of rotatable bonds is 4. The van der Waals surface area contributed by atoms with Gasteiger partial charge < -0.3 is 0 Å². The third-order valence-electron chi connectivity index (χ3n) is 3.63. The highest BCUT2D eigenvalue weighted by Gasteiger charge is 2.26. The third kappa shape index (κ3) is 3.80. The zero-order valence-corrected chi connectivity index (χ0v) is 15.0. The lowest BCUT2D eigenvalue weighted by Crippen LogP contribution is -2.31. The minimum Gasteiger partial charge on any atom is -0.206 e. The summed E-state index contributed by atoms with van der Waals surface area (Å²) in [6.45, 7) is 7.11. The summed E-state index contributed by atoms with van der Waals surface area (Å²) in [6, 6.07) is 9.19. The van der Waals surface area contributed by atoms with Crippen LogP contribution in [0.15, 0.2) is 46.2 Å². The first kappa shape index (κ1) is 17.7. The summed E-state index contributed by atoms with van der Waals surface area (Å²) >= 11 is 0. The zero-order chi connectivity index (χ0) is 17.4. The molecular formula is C16H19NO4S2. The average Bonchev–Trinajstić information content (AvgIpc) is 2.42. The van der Waals surface area contributed by atoms with Gasteiger partial charge in [-0.15, -0.1) is 4.13 Å². The van der Waals surface area contributed by atoms with Gasteiger partial charge in [-0.25, -0.2) is 16.8 Å². The summed E-state index contributed by atoms with van der Waals surface area (Å²) in [5.74, 6) is 0. The molecule has 23 heavy (non-hydrogen) atoms. The SMILES string of the molecule is Cc1ccc(S(=O)(=O)NS(=O)(=O)c2cc(C)c(C)cc2C)cc1. The highest BCUT2D eigenvalue weighted by atomic mass is 32.3. The van der Waals surface area contributed by atoms with E-state index in [0.717, 1.165) is 16.7 Å². The Morgan fingerprint density at radius 3 is 1.78 bits per heavy atom. The second-order valence-corrected chi connectivity index (χ2v) is 9.20. The monoisotopic (exact) mass is 353 g/mol. The highest BCUT2D eigenvalue weighted by molar-refractivity contribution is 8.04. The van der Waals surface area contributed by atoms with Gasteiger partial charge in [0.1, 0.15) is 0 Å². The second kappa shape index (κ2) is 6.07. The molecule has 0 aromatic heterocycles. The van der Waals surface area contributed by atoms with Gasteiger partial charge in [0.15, 0.2) is 0 Å². The van der Waals surface area contributed by atoms with Crippen molar-refractivity contribution >= 4 is 20.0 Å². The van der Waals surface area contributed by atoms with E-state index in [1.807, 2.05) is 18.0 Å². The Balaban J connectivity index is 2.46. The van der Waals surface area contributed by atoms with Crippen LogP contribution in [-0.2, 0) is 20.0 Å². The quantitative estimate of drug-likeness (QED) is 0.916. The summed E-state index contributed by atoms with van der Waals surface area (Å²) in [4.78, 5) is -0.121. The van der Waals surface area contributed by atoms with Gasteiger partial charge >= 0.3 is 0 Å². The fourth-order valence-corrected chi connectivity index (χ4v) is 5.39. The Hall–Kier alpha value is -1.70. The molecule has 0 heterocycles. The zero-order valence-electron chi connectivity index (χ0n) is 13.4. The molecule has 0 saturated carbocycles. The standard InChI is InChI=1S/C16H19NO4S2/c1-11-5-7-15(8-6-11)22(18,19)17-23(20,21)16-10-13(3)12(2)9-14(16)4/h5-10,17H,1-4H3. The van der Waals surface area contributed by atoms with Crippen LogP contribution in [0.25, 0.3) is 0 Å². The van der Waals surface area contributed by atoms with Gasteiger partial charge in [-0.1, -0.05) is 23.8 Å². The molecule has 0 aliphatic rings. The van der Waals surface area contributed by atoms with Crippen molar-refractivity contribution in [1.82, 2.24) is 4.13 Å². The van der Waals surface area contributed by atoms with Crippen LogP contribution in [0.4, 0.5) is 0 Å². The molecule has 0 unspecified atom stereocenters. The van der Waals surface area contributed by atoms with Crippen LogP contribution in [-0.4, -0.2) is 16.8 Å². The lowest BCUT2D eigenvalue weighted by Gasteiger charge is -2.12. The van der Waals surface area contributed by atoms with Crippen LogP contribution >= 0.6 is 0 Å². The van der Waals surface area contributed by atoms with Crippen LogP contribution < -0.4 is 4.13 Å². The molecule has 0 spiro atoms. The molecule has 0 aliphatic carbocycles. The summed E-state index contributed by atoms with van der Waals surface area (Å²) in [5, 5.41) is 0. The highest BCUT2D eigenvalue weighted by Crippen LogP contribution is 2.21. The van der Waals surface area contributed by atoms with Crippen molar-refractivity contribution in [1.29, 1.82) is 0 Å². The average molecular weight is 353 g/mol. The Morgan fingerprint density at radius 1 is 0.696 bits per heavy atom. The lowest BCUT2D eigenvalue weighted by molar-refractivity contribution is 0.576. The molecule has 5 nitrogen and oxygen atoms in total. The van der Waals surface area contributed by atoms with Crippen LogP contribution in [0.1, 0.15) is 22.3 Å². The normalized spacial score (nSPS) is 12.3. The lowest BCUT2D eigenvalue weighted by atomic mass is 10.1. The van der Waals surface area contributed by atoms with Crippen molar-refractivity contribution in [3.63, 3.8) is 0 Å². The van der Waals surface area contributed by atoms with Crippen molar-refractivity contribution < 1.29 is 16.8 Å². The Kier molecular flexibility index (Phi) is 4.66. The maximum atomic E-state index is 12.5. The Morgan fingerprint density at radius 2 is 1.22 bits per heavy atom. The van der Waals surface area contributed by atoms with E-state index in [1.165, 1.54) is 18.2 Å². The molecule has 2 aromatic rings. The van der Waals surface area contributed by atoms with Crippen LogP contribution in [0.2, 0.25) is 0 Å². The van der Waals surface area contributed by atoms with Crippen LogP contribution in [0.3, 0.4) is 0 Å². The Bertz CT molecular complexity index is 944. The number of nitrogens with one attached hydrogen (secondary N) is 1. The van der Waals surface area contributed by atoms with Crippen molar-refractivity contribution in [2.24, 2.45) is 0 Å². The summed E-state index contributed by atoms with van der Waals surface area (Å²) < 4.78 is 51.4. The first-order valence-electron chi connectivity index (χ1n) is 6.96. The maximum absolute atomic E-state index is 12.5. The van der Waals surface area contributed by atoms with E-state index in [2.05, 4.69) is 0 Å². The van der Waals surface area contributed by atoms with Gasteiger partial charge in [0, 0.05) is 0 Å². The van der Waals surface area contributed by atoms with Crippen LogP contribution in [0.5, 0.6) is 0 Å². The number of benzene rings is 2. The molecule has 124 valence electrons. The predicted octanol–water partition coefficient (Wildman–Crippen LogP) is 2.59. The molecular weight excluding hydrogens is 334 g/mol. The first-order valence-corrected chi connectivity index (χ1v) is 9.93. The van der Waals surface area contributed by atoms with E-state index in [9.17, 15) is 16.8 Å². The van der Waals surface area contributed by atoms with Crippen LogP contribution in [0, 0.1) is 27.7 Å². The molecule has 0 saturated heterocycles. The fourth-order valence-electron chi connectivity index (χ4n) is 2.18. The second-order valence-electron chi connectivity index (χ2n) is 5.61. The smallest absolute Gasteiger partial charge is 0.206 e. The maximum Gasteiger partial charge on any atom is 0.254 e. The van der Waals surface area contributed by atoms with Gasteiger partial charge in [-0.2, -0.15) is 0 Å². The molecule has 0 amide bonds. The molecule has 0 atom stereocenters. The van der Waals surface area contributed by atoms with E-state index in [1.54, 1.807) is 32.0 Å². The summed E-state index contributed by atoms with van der Waals surface area (Å²) in [6.07, 6.45) is 0. The van der Waals surface area contributed by atoms with Crippen molar-refractivity contribution in [2.45, 2.75) is 37.5 Å². The van der Waals surface area contributed by atoms with Gasteiger partial charge in [-0.3, -0.25) is 0 Å². The molecule has 0 bridgehead atoms. The van der Waals surface area contributed by atoms with Gasteiger partial charge in [0.2, 0.25) is 0 Å². The largest absolute Gasteiger partial charge is 0.254 e. The van der Waals surface area contributed by atoms with E-state index < -0.39 is 20.0 Å². The summed E-state index contributed by atoms with van der Waals surface area (Å²) in [5.41, 5.74) is 3.11. The topological polar surface area (TPSA) is 80.3 Å². The molecule has 1 N–H and O–H groups in total. The predicted molar refractivity (Wildman–Crippen MR) is 89.3 cm³/mol. The van der Waals surface area contributed by atoms with E-state index in [0.29, 0.717) is 5.56 Å². The fraction of sp³-hybridized carbons (Fsp3) is 0.250. The molecule has 0 fully saturated rings. The van der Waals surface area contributed by atoms with E-state index >= 15 is 0 Å².